The van der Waals surface area contributed by atoms with E-state index in [4.69, 9.17) is 0 Å². The van der Waals surface area contributed by atoms with Crippen LogP contribution in [-0.4, -0.2) is 26.6 Å². The Bertz CT molecular complexity index is 656. The molecule has 1 aromatic carbocycles. The molecule has 1 amide bonds. The Morgan fingerprint density at radius 2 is 2.09 bits per heavy atom. The lowest BCUT2D eigenvalue weighted by atomic mass is 10.2. The largest absolute Gasteiger partial charge is 0.390 e. The first-order valence-corrected chi connectivity index (χ1v) is 8.30. The summed E-state index contributed by atoms with van der Waals surface area (Å²) in [7, 11) is 0. The van der Waals surface area contributed by atoms with Crippen LogP contribution in [-0.2, 0) is 23.7 Å². The number of imidazole rings is 1. The number of halogens is 1. The number of amides is 1. The number of benzene rings is 1. The van der Waals surface area contributed by atoms with E-state index in [0.29, 0.717) is 16.6 Å². The van der Waals surface area contributed by atoms with Crippen LogP contribution in [0.15, 0.2) is 35.6 Å². The number of hydrogen-bond acceptors (Lipinski definition) is 4. The van der Waals surface area contributed by atoms with Gasteiger partial charge in [0.15, 0.2) is 5.16 Å². The summed E-state index contributed by atoms with van der Waals surface area (Å²) in [5, 5.41) is 12.9. The number of rotatable bonds is 7. The monoisotopic (exact) mass is 337 g/mol. The van der Waals surface area contributed by atoms with Crippen LogP contribution in [0.5, 0.6) is 0 Å². The number of aromatic nitrogens is 2. The normalized spacial score (nSPS) is 11.0. The van der Waals surface area contributed by atoms with Gasteiger partial charge < -0.3 is 15.0 Å². The molecule has 1 aromatic heterocycles. The van der Waals surface area contributed by atoms with Crippen molar-refractivity contribution in [2.45, 2.75) is 44.0 Å². The third-order valence-electron chi connectivity index (χ3n) is 3.10. The van der Waals surface area contributed by atoms with Crippen LogP contribution in [0.2, 0.25) is 0 Å². The maximum atomic E-state index is 12.9. The molecule has 2 rings (SSSR count). The summed E-state index contributed by atoms with van der Waals surface area (Å²) in [6.07, 6.45) is 1.57. The molecule has 5 nitrogen and oxygen atoms in total. The molecule has 7 heteroatoms. The number of nitrogens with one attached hydrogen (secondary N) is 1. The maximum absolute atomic E-state index is 12.9. The Kier molecular flexibility index (Phi) is 6.18. The fraction of sp³-hybridized carbons (Fsp3) is 0.375. The Morgan fingerprint density at radius 1 is 1.39 bits per heavy atom. The number of aliphatic hydroxyl groups excluding tert-OH is 1. The van der Waals surface area contributed by atoms with Crippen LogP contribution in [0, 0.1) is 5.82 Å². The molecule has 0 saturated heterocycles. The number of thioether (sulfide) groups is 1. The van der Waals surface area contributed by atoms with Crippen molar-refractivity contribution in [1.29, 1.82) is 0 Å². The average molecular weight is 337 g/mol. The van der Waals surface area contributed by atoms with E-state index >= 15 is 0 Å². The Morgan fingerprint density at radius 3 is 2.70 bits per heavy atom. The molecule has 1 heterocycles. The average Bonchev–Trinajstić information content (AvgIpc) is 2.87. The minimum absolute atomic E-state index is 0.0546. The topological polar surface area (TPSA) is 67.2 Å². The SMILES string of the molecule is CC(C)NC(=O)Cn1c(CO)cnc1SCc1ccc(F)cc1. The highest BCUT2D eigenvalue weighted by Gasteiger charge is 2.14. The first-order chi connectivity index (χ1) is 11.0. The second kappa shape index (κ2) is 8.12. The summed E-state index contributed by atoms with van der Waals surface area (Å²) in [5.41, 5.74) is 1.55. The van der Waals surface area contributed by atoms with E-state index in [0.717, 1.165) is 5.56 Å². The van der Waals surface area contributed by atoms with Gasteiger partial charge in [0.1, 0.15) is 12.4 Å². The molecule has 0 radical (unpaired) electrons. The van der Waals surface area contributed by atoms with Crippen molar-refractivity contribution in [1.82, 2.24) is 14.9 Å². The molecule has 0 fully saturated rings. The number of aliphatic hydroxyl groups is 1. The highest BCUT2D eigenvalue weighted by molar-refractivity contribution is 7.98. The Balaban J connectivity index is 2.07. The molecule has 0 aliphatic heterocycles. The lowest BCUT2D eigenvalue weighted by molar-refractivity contribution is -0.122. The van der Waals surface area contributed by atoms with Gasteiger partial charge in [0, 0.05) is 11.8 Å². The molecular weight excluding hydrogens is 317 g/mol. The number of carbonyl (C=O) groups excluding carboxylic acids is 1. The van der Waals surface area contributed by atoms with Gasteiger partial charge in [-0.25, -0.2) is 9.37 Å². The Labute approximate surface area is 138 Å². The van der Waals surface area contributed by atoms with Gasteiger partial charge in [0.25, 0.3) is 0 Å². The highest BCUT2D eigenvalue weighted by atomic mass is 32.2. The number of carbonyl (C=O) groups is 1. The molecule has 0 spiro atoms. The summed E-state index contributed by atoms with van der Waals surface area (Å²) >= 11 is 1.44. The van der Waals surface area contributed by atoms with E-state index in [1.807, 2.05) is 13.8 Å². The van der Waals surface area contributed by atoms with Crippen molar-refractivity contribution in [2.24, 2.45) is 0 Å². The van der Waals surface area contributed by atoms with E-state index in [1.165, 1.54) is 23.9 Å². The van der Waals surface area contributed by atoms with Gasteiger partial charge in [-0.3, -0.25) is 4.79 Å². The van der Waals surface area contributed by atoms with Crippen LogP contribution in [0.25, 0.3) is 0 Å². The molecule has 0 atom stereocenters. The van der Waals surface area contributed by atoms with E-state index < -0.39 is 0 Å². The maximum Gasteiger partial charge on any atom is 0.240 e. The fourth-order valence-corrected chi connectivity index (χ4v) is 3.00. The molecule has 0 aliphatic rings. The fourth-order valence-electron chi connectivity index (χ4n) is 2.04. The van der Waals surface area contributed by atoms with E-state index in [9.17, 15) is 14.3 Å². The van der Waals surface area contributed by atoms with Crippen molar-refractivity contribution in [3.63, 3.8) is 0 Å². The van der Waals surface area contributed by atoms with Gasteiger partial charge in [-0.1, -0.05) is 23.9 Å². The van der Waals surface area contributed by atoms with Crippen molar-refractivity contribution < 1.29 is 14.3 Å². The zero-order valence-electron chi connectivity index (χ0n) is 13.1. The summed E-state index contributed by atoms with van der Waals surface area (Å²) in [6, 6.07) is 6.32. The zero-order valence-corrected chi connectivity index (χ0v) is 13.9. The lowest BCUT2D eigenvalue weighted by Gasteiger charge is -2.12. The zero-order chi connectivity index (χ0) is 16.8. The molecule has 0 saturated carbocycles. The van der Waals surface area contributed by atoms with Crippen molar-refractivity contribution >= 4 is 17.7 Å². The molecule has 124 valence electrons. The van der Waals surface area contributed by atoms with E-state index in [1.54, 1.807) is 22.9 Å². The number of hydrogen-bond donors (Lipinski definition) is 2. The minimum Gasteiger partial charge on any atom is -0.390 e. The molecule has 0 unspecified atom stereocenters. The van der Waals surface area contributed by atoms with Crippen LogP contribution in [0.1, 0.15) is 25.1 Å². The highest BCUT2D eigenvalue weighted by Crippen LogP contribution is 2.23. The van der Waals surface area contributed by atoms with E-state index in [-0.39, 0.29) is 30.9 Å². The van der Waals surface area contributed by atoms with Gasteiger partial charge in [0.2, 0.25) is 5.91 Å². The molecular formula is C16H20FN3O2S. The van der Waals surface area contributed by atoms with Gasteiger partial charge in [-0.05, 0) is 31.5 Å². The van der Waals surface area contributed by atoms with Crippen LogP contribution < -0.4 is 5.32 Å². The van der Waals surface area contributed by atoms with Crippen LogP contribution in [0.3, 0.4) is 0 Å². The smallest absolute Gasteiger partial charge is 0.240 e. The predicted molar refractivity (Wildman–Crippen MR) is 87.4 cm³/mol. The standard InChI is InChI=1S/C16H20FN3O2S/c1-11(2)19-15(22)8-20-14(9-21)7-18-16(20)23-10-12-3-5-13(17)6-4-12/h3-7,11,21H,8-10H2,1-2H3,(H,19,22). The predicted octanol–water partition coefficient (Wildman–Crippen LogP) is 2.33. The summed E-state index contributed by atoms with van der Waals surface area (Å²) < 4.78 is 14.6. The summed E-state index contributed by atoms with van der Waals surface area (Å²) in [4.78, 5) is 16.2. The van der Waals surface area contributed by atoms with Crippen molar-refractivity contribution in [3.05, 3.63) is 47.5 Å². The van der Waals surface area contributed by atoms with Crippen LogP contribution >= 0.6 is 11.8 Å². The van der Waals surface area contributed by atoms with Gasteiger partial charge in [0.05, 0.1) is 18.5 Å². The molecule has 2 N–H and O–H groups in total. The molecule has 23 heavy (non-hydrogen) atoms. The third kappa shape index (κ3) is 5.07. The Hall–Kier alpha value is -1.86. The first-order valence-electron chi connectivity index (χ1n) is 7.31. The quantitative estimate of drug-likeness (QED) is 0.761. The van der Waals surface area contributed by atoms with E-state index in [2.05, 4.69) is 10.3 Å². The second-order valence-corrected chi connectivity index (χ2v) is 6.36. The van der Waals surface area contributed by atoms with Crippen molar-refractivity contribution in [2.75, 3.05) is 0 Å². The van der Waals surface area contributed by atoms with Gasteiger partial charge >= 0.3 is 0 Å². The minimum atomic E-state index is -0.270. The molecule has 0 aliphatic carbocycles. The lowest BCUT2D eigenvalue weighted by Crippen LogP contribution is -2.33. The molecule has 2 aromatic rings. The second-order valence-electron chi connectivity index (χ2n) is 5.41. The molecule has 0 bridgehead atoms. The summed E-state index contributed by atoms with van der Waals surface area (Å²) in [5.74, 6) is 0.207. The van der Waals surface area contributed by atoms with Gasteiger partial charge in [-0.15, -0.1) is 0 Å². The van der Waals surface area contributed by atoms with Crippen molar-refractivity contribution in [3.8, 4) is 0 Å². The van der Waals surface area contributed by atoms with Gasteiger partial charge in [-0.2, -0.15) is 0 Å². The summed E-state index contributed by atoms with van der Waals surface area (Å²) in [6.45, 7) is 3.71. The first kappa shape index (κ1) is 17.5. The number of nitrogens with zero attached hydrogens (tertiary/aromatic N) is 2. The third-order valence-corrected chi connectivity index (χ3v) is 4.16. The van der Waals surface area contributed by atoms with Crippen LogP contribution in [0.4, 0.5) is 4.39 Å².